The number of amides is 1. The summed E-state index contributed by atoms with van der Waals surface area (Å²) in [5, 5.41) is 50.1. The molecular formula is C36H51NO10. The van der Waals surface area contributed by atoms with Crippen LogP contribution in [0.5, 0.6) is 0 Å². The fourth-order valence-electron chi connectivity index (χ4n) is 9.36. The quantitative estimate of drug-likeness (QED) is 0.234. The fraction of sp³-hybridized carbons (Fsp3) is 0.694. The molecule has 0 aromatic heterocycles. The molecule has 1 aliphatic heterocycles. The van der Waals surface area contributed by atoms with Crippen LogP contribution in [-0.4, -0.2) is 86.6 Å². The number of aliphatic hydroxyl groups is 4. The molecule has 1 unspecified atom stereocenters. The molecule has 0 radical (unpaired) electrons. The van der Waals surface area contributed by atoms with Gasteiger partial charge in [0.2, 0.25) is 0 Å². The van der Waals surface area contributed by atoms with Crippen LogP contribution < -0.4 is 5.32 Å². The maximum atomic E-state index is 14.4. The van der Waals surface area contributed by atoms with Crippen LogP contribution in [0.15, 0.2) is 41.5 Å². The summed E-state index contributed by atoms with van der Waals surface area (Å²) in [5.74, 6) is -2.81. The highest BCUT2D eigenvalue weighted by molar-refractivity contribution is 5.93. The summed E-state index contributed by atoms with van der Waals surface area (Å²) in [6.45, 7) is 16.2. The number of alkyl carbamates (subject to hydrolysis) is 1. The normalized spacial score (nSPS) is 39.2. The molecule has 3 fully saturated rings. The van der Waals surface area contributed by atoms with Gasteiger partial charge in [-0.1, -0.05) is 58.0 Å². The number of carbonyl (C=O) groups excluding carboxylic acids is 3. The van der Waals surface area contributed by atoms with Gasteiger partial charge in [-0.25, -0.2) is 9.59 Å². The van der Waals surface area contributed by atoms with Gasteiger partial charge in [-0.15, -0.1) is 0 Å². The average molecular weight is 658 g/mol. The van der Waals surface area contributed by atoms with Gasteiger partial charge >= 0.3 is 12.1 Å². The molecule has 260 valence electrons. The Balaban J connectivity index is 1.53. The van der Waals surface area contributed by atoms with E-state index in [2.05, 4.69) is 5.32 Å². The molecule has 1 saturated heterocycles. The van der Waals surface area contributed by atoms with Gasteiger partial charge in [0.15, 0.2) is 11.9 Å². The van der Waals surface area contributed by atoms with E-state index in [0.29, 0.717) is 17.7 Å². The summed E-state index contributed by atoms with van der Waals surface area (Å²) in [6.07, 6.45) is -6.78. The minimum Gasteiger partial charge on any atom is -0.456 e. The van der Waals surface area contributed by atoms with E-state index in [1.165, 1.54) is 0 Å². The van der Waals surface area contributed by atoms with Crippen LogP contribution in [0.25, 0.3) is 0 Å². The summed E-state index contributed by atoms with van der Waals surface area (Å²) in [7, 11) is 0. The predicted octanol–water partition coefficient (Wildman–Crippen LogP) is 3.37. The zero-order valence-corrected chi connectivity index (χ0v) is 28.9. The summed E-state index contributed by atoms with van der Waals surface area (Å²) in [5.41, 5.74) is -4.49. The van der Waals surface area contributed by atoms with Crippen molar-refractivity contribution in [2.24, 2.45) is 28.1 Å². The second-order valence-electron chi connectivity index (χ2n) is 16.1. The Morgan fingerprint density at radius 1 is 1.09 bits per heavy atom. The first-order valence-corrected chi connectivity index (χ1v) is 16.5. The van der Waals surface area contributed by atoms with Crippen LogP contribution in [0.2, 0.25) is 0 Å². The lowest BCUT2D eigenvalue weighted by Gasteiger charge is -2.68. The summed E-state index contributed by atoms with van der Waals surface area (Å²) >= 11 is 0. The van der Waals surface area contributed by atoms with Crippen molar-refractivity contribution in [1.29, 1.82) is 0 Å². The largest absolute Gasteiger partial charge is 0.456 e. The number of ether oxygens (including phenoxy) is 3. The van der Waals surface area contributed by atoms with Crippen LogP contribution >= 0.6 is 0 Å². The molecule has 11 nitrogen and oxygen atoms in total. The van der Waals surface area contributed by atoms with E-state index in [-0.39, 0.29) is 24.5 Å². The van der Waals surface area contributed by atoms with Gasteiger partial charge in [-0.05, 0) is 63.2 Å². The molecule has 1 aromatic carbocycles. The Kier molecular flexibility index (Phi) is 8.80. The standard InChI is InChI=1S/C36H51NO10/c1-18-21(46-30(42)27(40)25(20-13-11-10-12-14-20)37-31(43)47-32(3,4)5)16-36(44)19(2)28-34(8)17-45-23(34)15-22(38)35(28,9)29(41)26(39)24(18)33(36,6)7/h10-14,19,21-23,25-28,38-40,44H,15-17H2,1-9H3,(H,37,43)/t19-,21-,22-,23+,25-,26+,27+,28?,34+,35+,36+/m0/s1. The molecule has 2 bridgehead atoms. The van der Waals surface area contributed by atoms with Crippen molar-refractivity contribution >= 4 is 17.8 Å². The first-order chi connectivity index (χ1) is 21.6. The average Bonchev–Trinajstić information content (AvgIpc) is 2.98. The van der Waals surface area contributed by atoms with Gasteiger partial charge in [0, 0.05) is 23.7 Å². The van der Waals surface area contributed by atoms with Crippen molar-refractivity contribution in [2.75, 3.05) is 6.61 Å². The Morgan fingerprint density at radius 2 is 1.70 bits per heavy atom. The number of carbonyl (C=O) groups is 3. The highest BCUT2D eigenvalue weighted by Gasteiger charge is 2.72. The summed E-state index contributed by atoms with van der Waals surface area (Å²) < 4.78 is 17.2. The Bertz CT molecular complexity index is 1450. The molecule has 1 heterocycles. The fourth-order valence-corrected chi connectivity index (χ4v) is 9.36. The monoisotopic (exact) mass is 657 g/mol. The van der Waals surface area contributed by atoms with Crippen molar-refractivity contribution in [3.8, 4) is 0 Å². The lowest BCUT2D eigenvalue weighted by Crippen LogP contribution is -2.75. The Labute approximate surface area is 276 Å². The molecule has 2 saturated carbocycles. The molecule has 1 amide bonds. The highest BCUT2D eigenvalue weighted by Crippen LogP contribution is 2.66. The number of fused-ring (bicyclic) bond motifs is 5. The van der Waals surface area contributed by atoms with Gasteiger partial charge in [0.1, 0.15) is 17.8 Å². The van der Waals surface area contributed by atoms with Gasteiger partial charge in [-0.2, -0.15) is 0 Å². The Hall–Kier alpha value is -2.83. The van der Waals surface area contributed by atoms with Crippen LogP contribution in [0.1, 0.15) is 86.8 Å². The van der Waals surface area contributed by atoms with E-state index in [4.69, 9.17) is 14.2 Å². The van der Waals surface area contributed by atoms with E-state index < -0.39 is 87.6 Å². The molecule has 47 heavy (non-hydrogen) atoms. The number of esters is 1. The van der Waals surface area contributed by atoms with Crippen molar-refractivity contribution in [2.45, 2.75) is 123 Å². The number of rotatable bonds is 5. The molecule has 11 heteroatoms. The van der Waals surface area contributed by atoms with Crippen LogP contribution in [0.4, 0.5) is 4.79 Å². The number of ketones is 1. The molecule has 5 N–H and O–H groups in total. The van der Waals surface area contributed by atoms with E-state index in [9.17, 15) is 34.8 Å². The first kappa shape index (κ1) is 35.5. The minimum absolute atomic E-state index is 0.0877. The van der Waals surface area contributed by atoms with Crippen molar-refractivity contribution in [1.82, 2.24) is 5.32 Å². The lowest BCUT2D eigenvalue weighted by molar-refractivity contribution is -0.302. The number of benzene rings is 1. The number of aliphatic hydroxyl groups excluding tert-OH is 3. The number of Topliss-reactive ketones (excluding diaryl/α,β-unsaturated/α-hetero) is 1. The molecular weight excluding hydrogens is 606 g/mol. The lowest BCUT2D eigenvalue weighted by atomic mass is 9.40. The third-order valence-corrected chi connectivity index (χ3v) is 11.9. The topological polar surface area (TPSA) is 172 Å². The van der Waals surface area contributed by atoms with E-state index in [1.54, 1.807) is 78.8 Å². The molecule has 5 rings (SSSR count). The van der Waals surface area contributed by atoms with Gasteiger partial charge in [0.05, 0.1) is 35.9 Å². The summed E-state index contributed by atoms with van der Waals surface area (Å²) in [6, 6.07) is 7.22. The second-order valence-corrected chi connectivity index (χ2v) is 16.1. The van der Waals surface area contributed by atoms with Crippen LogP contribution in [0, 0.1) is 28.1 Å². The molecule has 11 atom stereocenters. The number of hydrogen-bond acceptors (Lipinski definition) is 10. The maximum absolute atomic E-state index is 14.4. The third kappa shape index (κ3) is 5.42. The highest BCUT2D eigenvalue weighted by atomic mass is 16.6. The van der Waals surface area contributed by atoms with Crippen molar-refractivity contribution in [3.63, 3.8) is 0 Å². The molecule has 4 aliphatic rings. The van der Waals surface area contributed by atoms with E-state index in [1.807, 2.05) is 13.8 Å². The predicted molar refractivity (Wildman–Crippen MR) is 171 cm³/mol. The van der Waals surface area contributed by atoms with Crippen molar-refractivity contribution < 1.29 is 49.0 Å². The maximum Gasteiger partial charge on any atom is 0.408 e. The smallest absolute Gasteiger partial charge is 0.408 e. The van der Waals surface area contributed by atoms with E-state index in [0.717, 1.165) is 0 Å². The first-order valence-electron chi connectivity index (χ1n) is 16.5. The minimum atomic E-state index is -1.87. The van der Waals surface area contributed by atoms with Crippen LogP contribution in [-0.2, 0) is 23.8 Å². The summed E-state index contributed by atoms with van der Waals surface area (Å²) in [4.78, 5) is 40.9. The SMILES string of the molecule is CC1=C2[C@@H](O)C(=O)[C@@]3(C)C([C@H](C)[C@](O)(C[C@@H]1OC(=O)[C@H](O)[C@@H](NC(=O)OC(C)(C)C)c1ccccc1)C2(C)C)[C@]1(C)CO[C@@H]1C[C@@H]3O. The third-order valence-electron chi connectivity index (χ3n) is 11.9. The van der Waals surface area contributed by atoms with Crippen molar-refractivity contribution in [3.05, 3.63) is 47.0 Å². The van der Waals surface area contributed by atoms with E-state index >= 15 is 0 Å². The Morgan fingerprint density at radius 3 is 2.26 bits per heavy atom. The molecule has 0 spiro atoms. The number of hydrogen-bond donors (Lipinski definition) is 5. The van der Waals surface area contributed by atoms with Gasteiger partial charge < -0.3 is 40.0 Å². The zero-order chi connectivity index (χ0) is 35.1. The number of nitrogens with one attached hydrogen (secondary N) is 1. The van der Waals surface area contributed by atoms with Crippen LogP contribution in [0.3, 0.4) is 0 Å². The zero-order valence-electron chi connectivity index (χ0n) is 28.9. The molecule has 1 aromatic rings. The second kappa shape index (κ2) is 11.7. The molecule has 3 aliphatic carbocycles. The van der Waals surface area contributed by atoms with Gasteiger partial charge in [-0.3, -0.25) is 4.79 Å². The van der Waals surface area contributed by atoms with Gasteiger partial charge in [0.25, 0.3) is 0 Å².